The standard InChI is InChI=1S/C12H20N2O3S/c1-12(2,3)11(6-8-15)14-18(16,17)10-5-4-7-13-9-10/h4-5,7,9,11,14-15H,6,8H2,1-3H3. The van der Waals surface area contributed by atoms with Gasteiger partial charge in [-0.25, -0.2) is 13.1 Å². The van der Waals surface area contributed by atoms with Gasteiger partial charge < -0.3 is 5.11 Å². The summed E-state index contributed by atoms with van der Waals surface area (Å²) in [6.45, 7) is 5.73. The molecule has 0 aliphatic rings. The van der Waals surface area contributed by atoms with E-state index >= 15 is 0 Å². The number of hydrogen-bond donors (Lipinski definition) is 2. The lowest BCUT2D eigenvalue weighted by atomic mass is 9.86. The molecule has 0 saturated carbocycles. The second-order valence-electron chi connectivity index (χ2n) is 5.24. The van der Waals surface area contributed by atoms with E-state index in [0.29, 0.717) is 6.42 Å². The first-order chi connectivity index (χ1) is 8.27. The molecule has 102 valence electrons. The molecule has 1 atom stereocenters. The van der Waals surface area contributed by atoms with Crippen molar-refractivity contribution in [1.82, 2.24) is 9.71 Å². The SMILES string of the molecule is CC(C)(C)C(CCO)NS(=O)(=O)c1cccnc1. The predicted octanol–water partition coefficient (Wildman–Crippen LogP) is 1.16. The summed E-state index contributed by atoms with van der Waals surface area (Å²) >= 11 is 0. The summed E-state index contributed by atoms with van der Waals surface area (Å²) in [6, 6.07) is 2.74. The minimum absolute atomic E-state index is 0.0580. The highest BCUT2D eigenvalue weighted by molar-refractivity contribution is 7.89. The molecular weight excluding hydrogens is 252 g/mol. The lowest BCUT2D eigenvalue weighted by molar-refractivity contribution is 0.214. The second-order valence-corrected chi connectivity index (χ2v) is 6.95. The van der Waals surface area contributed by atoms with Crippen molar-refractivity contribution < 1.29 is 13.5 Å². The van der Waals surface area contributed by atoms with Crippen LogP contribution < -0.4 is 4.72 Å². The second kappa shape index (κ2) is 5.77. The van der Waals surface area contributed by atoms with Crippen molar-refractivity contribution in [2.75, 3.05) is 6.61 Å². The molecule has 1 unspecified atom stereocenters. The van der Waals surface area contributed by atoms with Gasteiger partial charge in [0.25, 0.3) is 0 Å². The molecular formula is C12H20N2O3S. The average Bonchev–Trinajstić information content (AvgIpc) is 2.28. The molecule has 0 radical (unpaired) electrons. The van der Waals surface area contributed by atoms with Gasteiger partial charge in [-0.15, -0.1) is 0 Å². The summed E-state index contributed by atoms with van der Waals surface area (Å²) < 4.78 is 26.9. The number of hydrogen-bond acceptors (Lipinski definition) is 4. The number of pyridine rings is 1. The van der Waals surface area contributed by atoms with Gasteiger partial charge in [0.15, 0.2) is 0 Å². The minimum atomic E-state index is -3.59. The Morgan fingerprint density at radius 3 is 2.56 bits per heavy atom. The van der Waals surface area contributed by atoms with Gasteiger partial charge in [0.2, 0.25) is 10.0 Å². The Morgan fingerprint density at radius 1 is 1.44 bits per heavy atom. The van der Waals surface area contributed by atoms with Gasteiger partial charge in [-0.3, -0.25) is 4.98 Å². The van der Waals surface area contributed by atoms with Crippen molar-refractivity contribution in [3.63, 3.8) is 0 Å². The molecule has 1 heterocycles. The van der Waals surface area contributed by atoms with Crippen molar-refractivity contribution in [1.29, 1.82) is 0 Å². The van der Waals surface area contributed by atoms with E-state index in [9.17, 15) is 8.42 Å². The molecule has 0 aliphatic carbocycles. The Morgan fingerprint density at radius 2 is 2.11 bits per heavy atom. The number of nitrogens with one attached hydrogen (secondary N) is 1. The molecule has 1 aromatic rings. The van der Waals surface area contributed by atoms with E-state index in [1.807, 2.05) is 20.8 Å². The van der Waals surface area contributed by atoms with Gasteiger partial charge >= 0.3 is 0 Å². The van der Waals surface area contributed by atoms with Crippen LogP contribution in [0.2, 0.25) is 0 Å². The lowest BCUT2D eigenvalue weighted by Gasteiger charge is -2.30. The van der Waals surface area contributed by atoms with Crippen LogP contribution in [0.5, 0.6) is 0 Å². The number of aromatic nitrogens is 1. The van der Waals surface area contributed by atoms with Gasteiger partial charge in [0.05, 0.1) is 0 Å². The van der Waals surface area contributed by atoms with Gasteiger partial charge in [-0.05, 0) is 24.0 Å². The highest BCUT2D eigenvalue weighted by Gasteiger charge is 2.29. The van der Waals surface area contributed by atoms with Crippen LogP contribution in [0, 0.1) is 5.41 Å². The first-order valence-corrected chi connectivity index (χ1v) is 7.29. The number of sulfonamides is 1. The maximum absolute atomic E-state index is 12.1. The van der Waals surface area contributed by atoms with Crippen molar-refractivity contribution in [2.45, 2.75) is 38.1 Å². The normalized spacial score (nSPS) is 14.4. The molecule has 18 heavy (non-hydrogen) atoms. The molecule has 0 aliphatic heterocycles. The van der Waals surface area contributed by atoms with Crippen LogP contribution in [0.3, 0.4) is 0 Å². The topological polar surface area (TPSA) is 79.3 Å². The van der Waals surface area contributed by atoms with E-state index in [2.05, 4.69) is 9.71 Å². The molecule has 0 saturated heterocycles. The van der Waals surface area contributed by atoms with Gasteiger partial charge in [0.1, 0.15) is 4.90 Å². The van der Waals surface area contributed by atoms with Crippen LogP contribution in [0.1, 0.15) is 27.2 Å². The minimum Gasteiger partial charge on any atom is -0.396 e. The molecule has 1 rings (SSSR count). The van der Waals surface area contributed by atoms with Gasteiger partial charge in [-0.1, -0.05) is 20.8 Å². The first kappa shape index (κ1) is 15.1. The monoisotopic (exact) mass is 272 g/mol. The third-order valence-electron chi connectivity index (χ3n) is 2.71. The van der Waals surface area contributed by atoms with E-state index in [-0.39, 0.29) is 23.0 Å². The largest absolute Gasteiger partial charge is 0.396 e. The van der Waals surface area contributed by atoms with E-state index < -0.39 is 10.0 Å². The Kier molecular flexibility index (Phi) is 4.84. The van der Waals surface area contributed by atoms with Crippen LogP contribution >= 0.6 is 0 Å². The lowest BCUT2D eigenvalue weighted by Crippen LogP contribution is -2.44. The molecule has 5 nitrogen and oxygen atoms in total. The summed E-state index contributed by atoms with van der Waals surface area (Å²) in [5.74, 6) is 0. The summed E-state index contributed by atoms with van der Waals surface area (Å²) in [4.78, 5) is 3.93. The Hall–Kier alpha value is -0.980. The third kappa shape index (κ3) is 4.04. The Balaban J connectivity index is 2.94. The average molecular weight is 272 g/mol. The van der Waals surface area contributed by atoms with Crippen LogP contribution in [-0.4, -0.2) is 31.2 Å². The number of aliphatic hydroxyl groups is 1. The molecule has 0 spiro atoms. The van der Waals surface area contributed by atoms with Crippen molar-refractivity contribution in [3.8, 4) is 0 Å². The van der Waals surface area contributed by atoms with Crippen LogP contribution in [0.15, 0.2) is 29.4 Å². The highest BCUT2D eigenvalue weighted by Crippen LogP contribution is 2.23. The molecule has 0 amide bonds. The predicted molar refractivity (Wildman–Crippen MR) is 69.5 cm³/mol. The van der Waals surface area contributed by atoms with Gasteiger partial charge in [-0.2, -0.15) is 0 Å². The maximum atomic E-state index is 12.1. The fourth-order valence-corrected chi connectivity index (χ4v) is 3.00. The Bertz CT molecular complexity index is 466. The molecule has 1 aromatic heterocycles. The molecule has 0 bridgehead atoms. The van der Waals surface area contributed by atoms with Crippen LogP contribution in [0.4, 0.5) is 0 Å². The van der Waals surface area contributed by atoms with Crippen LogP contribution in [-0.2, 0) is 10.0 Å². The summed E-state index contributed by atoms with van der Waals surface area (Å²) in [5.41, 5.74) is -0.266. The van der Waals surface area contributed by atoms with Crippen molar-refractivity contribution in [3.05, 3.63) is 24.5 Å². The maximum Gasteiger partial charge on any atom is 0.242 e. The van der Waals surface area contributed by atoms with Crippen molar-refractivity contribution in [2.24, 2.45) is 5.41 Å². The molecule has 2 N–H and O–H groups in total. The Labute approximate surface area is 108 Å². The first-order valence-electron chi connectivity index (χ1n) is 5.80. The number of nitrogens with zero attached hydrogens (tertiary/aromatic N) is 1. The number of rotatable bonds is 5. The fourth-order valence-electron chi connectivity index (χ4n) is 1.56. The molecule has 0 aromatic carbocycles. The summed E-state index contributed by atoms with van der Waals surface area (Å²) in [7, 11) is -3.59. The molecule has 0 fully saturated rings. The van der Waals surface area contributed by atoms with E-state index in [1.54, 1.807) is 6.07 Å². The quantitative estimate of drug-likeness (QED) is 0.843. The van der Waals surface area contributed by atoms with Gasteiger partial charge in [0, 0.05) is 25.0 Å². The fraction of sp³-hybridized carbons (Fsp3) is 0.583. The smallest absolute Gasteiger partial charge is 0.242 e. The number of aliphatic hydroxyl groups excluding tert-OH is 1. The zero-order valence-corrected chi connectivity index (χ0v) is 11.7. The van der Waals surface area contributed by atoms with E-state index in [0.717, 1.165) is 0 Å². The zero-order valence-electron chi connectivity index (χ0n) is 10.9. The van der Waals surface area contributed by atoms with Crippen LogP contribution in [0.25, 0.3) is 0 Å². The van der Waals surface area contributed by atoms with E-state index in [4.69, 9.17) is 5.11 Å². The third-order valence-corrected chi connectivity index (χ3v) is 4.16. The summed E-state index contributed by atoms with van der Waals surface area (Å²) in [6.07, 6.45) is 3.21. The highest BCUT2D eigenvalue weighted by atomic mass is 32.2. The van der Waals surface area contributed by atoms with Crippen molar-refractivity contribution >= 4 is 10.0 Å². The molecule has 6 heteroatoms. The zero-order chi connectivity index (χ0) is 13.8. The summed E-state index contributed by atoms with van der Waals surface area (Å²) in [5, 5.41) is 9.02. The van der Waals surface area contributed by atoms with E-state index in [1.165, 1.54) is 18.5 Å².